The Hall–Kier alpha value is -1.91. The lowest BCUT2D eigenvalue weighted by Gasteiger charge is -2.03. The Kier molecular flexibility index (Phi) is 3.14. The van der Waals surface area contributed by atoms with Gasteiger partial charge in [0, 0.05) is 13.6 Å². The molecule has 0 fully saturated rings. The van der Waals surface area contributed by atoms with E-state index in [4.69, 9.17) is 0 Å². The Morgan fingerprint density at radius 1 is 1.44 bits per heavy atom. The molecular weight excluding hydrogens is 202 g/mol. The second-order valence-corrected chi connectivity index (χ2v) is 3.51. The highest BCUT2D eigenvalue weighted by Gasteiger charge is 2.06. The van der Waals surface area contributed by atoms with Crippen molar-refractivity contribution in [2.24, 2.45) is 7.05 Å². The van der Waals surface area contributed by atoms with E-state index in [0.717, 1.165) is 29.8 Å². The highest BCUT2D eigenvalue weighted by molar-refractivity contribution is 5.85. The fraction of sp³-hybridized carbons (Fsp3) is 0.364. The van der Waals surface area contributed by atoms with Crippen LogP contribution in [-0.2, 0) is 7.05 Å². The number of nitrogens with zero attached hydrogens (tertiary/aromatic N) is 4. The molecule has 0 amide bonds. The Labute approximate surface area is 94.2 Å². The minimum atomic E-state index is 0.850. The number of rotatable bonds is 4. The zero-order valence-electron chi connectivity index (χ0n) is 9.51. The number of nitrogens with one attached hydrogen (secondary N) is 1. The Balaban J connectivity index is 2.17. The highest BCUT2D eigenvalue weighted by atomic mass is 15.3. The lowest BCUT2D eigenvalue weighted by atomic mass is 10.3. The van der Waals surface area contributed by atoms with E-state index in [1.165, 1.54) is 0 Å². The van der Waals surface area contributed by atoms with E-state index >= 15 is 0 Å². The molecule has 16 heavy (non-hydrogen) atoms. The molecule has 84 valence electrons. The maximum Gasteiger partial charge on any atom is 0.163 e. The largest absolute Gasteiger partial charge is 0.369 e. The summed E-state index contributed by atoms with van der Waals surface area (Å²) < 4.78 is 1.74. The summed E-state index contributed by atoms with van der Waals surface area (Å²) in [6.07, 6.45) is 8.49. The van der Waals surface area contributed by atoms with E-state index in [1.807, 2.05) is 20.0 Å². The molecule has 0 aliphatic heterocycles. The highest BCUT2D eigenvalue weighted by Crippen LogP contribution is 2.17. The van der Waals surface area contributed by atoms with Crippen LogP contribution in [0.25, 0.3) is 11.0 Å². The van der Waals surface area contributed by atoms with Gasteiger partial charge in [-0.25, -0.2) is 9.97 Å². The first-order chi connectivity index (χ1) is 7.83. The summed E-state index contributed by atoms with van der Waals surface area (Å²) in [6.45, 7) is 2.88. The topological polar surface area (TPSA) is 55.6 Å². The van der Waals surface area contributed by atoms with Crippen LogP contribution in [0.5, 0.6) is 0 Å². The van der Waals surface area contributed by atoms with E-state index < -0.39 is 0 Å². The van der Waals surface area contributed by atoms with Crippen LogP contribution in [-0.4, -0.2) is 26.3 Å². The molecule has 0 bridgehead atoms. The SMILES string of the molecule is C/C=C/CCNc1ncnc2c1cnn2C. The van der Waals surface area contributed by atoms with Crippen LogP contribution in [0.4, 0.5) is 5.82 Å². The number of hydrogen-bond acceptors (Lipinski definition) is 4. The molecule has 0 radical (unpaired) electrons. The summed E-state index contributed by atoms with van der Waals surface area (Å²) in [5, 5.41) is 8.40. The monoisotopic (exact) mass is 217 g/mol. The summed E-state index contributed by atoms with van der Waals surface area (Å²) in [7, 11) is 1.87. The van der Waals surface area contributed by atoms with Crippen molar-refractivity contribution in [3.05, 3.63) is 24.7 Å². The van der Waals surface area contributed by atoms with Crippen molar-refractivity contribution in [1.82, 2.24) is 19.7 Å². The van der Waals surface area contributed by atoms with E-state index in [2.05, 4.69) is 26.5 Å². The third kappa shape index (κ3) is 2.03. The molecule has 0 spiro atoms. The minimum Gasteiger partial charge on any atom is -0.369 e. The zero-order chi connectivity index (χ0) is 11.4. The first kappa shape index (κ1) is 10.6. The Bertz CT molecular complexity index is 500. The smallest absolute Gasteiger partial charge is 0.163 e. The molecule has 0 atom stereocenters. The Morgan fingerprint density at radius 3 is 3.12 bits per heavy atom. The van der Waals surface area contributed by atoms with Crippen molar-refractivity contribution in [1.29, 1.82) is 0 Å². The van der Waals surface area contributed by atoms with E-state index in [1.54, 1.807) is 17.2 Å². The number of fused-ring (bicyclic) bond motifs is 1. The zero-order valence-corrected chi connectivity index (χ0v) is 9.51. The first-order valence-electron chi connectivity index (χ1n) is 5.30. The van der Waals surface area contributed by atoms with Gasteiger partial charge in [-0.15, -0.1) is 0 Å². The molecule has 2 aromatic heterocycles. The average Bonchev–Trinajstić information content (AvgIpc) is 2.68. The minimum absolute atomic E-state index is 0.850. The van der Waals surface area contributed by atoms with Gasteiger partial charge in [-0.2, -0.15) is 5.10 Å². The molecule has 0 unspecified atom stereocenters. The van der Waals surface area contributed by atoms with E-state index in [9.17, 15) is 0 Å². The summed E-state index contributed by atoms with van der Waals surface area (Å²) >= 11 is 0. The first-order valence-corrected chi connectivity index (χ1v) is 5.30. The summed E-state index contributed by atoms with van der Waals surface area (Å²) in [5.74, 6) is 0.850. The standard InChI is InChI=1S/C11H15N5/c1-3-4-5-6-12-10-9-7-15-16(2)11(9)14-8-13-10/h3-4,7-8H,5-6H2,1-2H3,(H,12,13,14)/b4-3+. The molecule has 2 heterocycles. The van der Waals surface area contributed by atoms with Gasteiger partial charge in [-0.1, -0.05) is 12.2 Å². The van der Waals surface area contributed by atoms with Gasteiger partial charge in [0.15, 0.2) is 5.65 Å². The van der Waals surface area contributed by atoms with Crippen LogP contribution in [0.3, 0.4) is 0 Å². The van der Waals surface area contributed by atoms with Gasteiger partial charge < -0.3 is 5.32 Å². The fourth-order valence-corrected chi connectivity index (χ4v) is 1.54. The van der Waals surface area contributed by atoms with E-state index in [-0.39, 0.29) is 0 Å². The van der Waals surface area contributed by atoms with Gasteiger partial charge in [-0.05, 0) is 13.3 Å². The van der Waals surface area contributed by atoms with Gasteiger partial charge in [0.25, 0.3) is 0 Å². The molecule has 0 aliphatic carbocycles. The van der Waals surface area contributed by atoms with Gasteiger partial charge in [0.1, 0.15) is 12.1 Å². The molecule has 0 aromatic carbocycles. The van der Waals surface area contributed by atoms with Gasteiger partial charge in [0.2, 0.25) is 0 Å². The molecule has 5 heteroatoms. The van der Waals surface area contributed by atoms with Gasteiger partial charge >= 0.3 is 0 Å². The lowest BCUT2D eigenvalue weighted by Crippen LogP contribution is -2.03. The van der Waals surface area contributed by atoms with Crippen molar-refractivity contribution < 1.29 is 0 Å². The number of anilines is 1. The van der Waals surface area contributed by atoms with Crippen LogP contribution >= 0.6 is 0 Å². The number of aromatic nitrogens is 4. The van der Waals surface area contributed by atoms with Crippen LogP contribution < -0.4 is 5.32 Å². The predicted molar refractivity (Wildman–Crippen MR) is 64.2 cm³/mol. The molecule has 1 N–H and O–H groups in total. The summed E-state index contributed by atoms with van der Waals surface area (Å²) in [5.41, 5.74) is 0.850. The molecule has 5 nitrogen and oxygen atoms in total. The third-order valence-electron chi connectivity index (χ3n) is 2.37. The third-order valence-corrected chi connectivity index (χ3v) is 2.37. The van der Waals surface area contributed by atoms with E-state index in [0.29, 0.717) is 0 Å². The maximum absolute atomic E-state index is 4.22. The maximum atomic E-state index is 4.22. The van der Waals surface area contributed by atoms with Crippen LogP contribution in [0, 0.1) is 0 Å². The molecule has 0 aliphatic rings. The summed E-state index contributed by atoms with van der Waals surface area (Å²) in [6, 6.07) is 0. The normalized spacial score (nSPS) is 11.4. The van der Waals surface area contributed by atoms with Gasteiger partial charge in [0.05, 0.1) is 11.6 Å². The molecule has 2 rings (SSSR count). The van der Waals surface area contributed by atoms with Crippen LogP contribution in [0.1, 0.15) is 13.3 Å². The van der Waals surface area contributed by atoms with Crippen molar-refractivity contribution in [2.75, 3.05) is 11.9 Å². The lowest BCUT2D eigenvalue weighted by molar-refractivity contribution is 0.785. The van der Waals surface area contributed by atoms with Crippen molar-refractivity contribution >= 4 is 16.9 Å². The molecule has 0 saturated carbocycles. The second kappa shape index (κ2) is 4.74. The number of allylic oxidation sites excluding steroid dienone is 1. The molecule has 2 aromatic rings. The number of aryl methyl sites for hydroxylation is 1. The Morgan fingerprint density at radius 2 is 2.31 bits per heavy atom. The summed E-state index contributed by atoms with van der Waals surface area (Å²) in [4.78, 5) is 8.40. The average molecular weight is 217 g/mol. The van der Waals surface area contributed by atoms with Crippen LogP contribution in [0.2, 0.25) is 0 Å². The number of hydrogen-bond donors (Lipinski definition) is 1. The fourth-order valence-electron chi connectivity index (χ4n) is 1.54. The van der Waals surface area contributed by atoms with Crippen molar-refractivity contribution in [3.8, 4) is 0 Å². The van der Waals surface area contributed by atoms with Gasteiger partial charge in [-0.3, -0.25) is 4.68 Å². The molecular formula is C11H15N5. The molecule has 0 saturated heterocycles. The van der Waals surface area contributed by atoms with Crippen molar-refractivity contribution in [2.45, 2.75) is 13.3 Å². The quantitative estimate of drug-likeness (QED) is 0.626. The van der Waals surface area contributed by atoms with Crippen molar-refractivity contribution in [3.63, 3.8) is 0 Å². The predicted octanol–water partition coefficient (Wildman–Crippen LogP) is 1.74. The second-order valence-electron chi connectivity index (χ2n) is 3.51. The van der Waals surface area contributed by atoms with Crippen LogP contribution in [0.15, 0.2) is 24.7 Å².